The van der Waals surface area contributed by atoms with Crippen LogP contribution in [0.3, 0.4) is 0 Å². The van der Waals surface area contributed by atoms with Crippen molar-refractivity contribution in [2.24, 2.45) is 5.84 Å². The van der Waals surface area contributed by atoms with Crippen LogP contribution in [0.25, 0.3) is 6.08 Å². The molecule has 0 heterocycles. The van der Waals surface area contributed by atoms with E-state index in [-0.39, 0.29) is 5.91 Å². The Kier molecular flexibility index (Phi) is 6.59. The molecule has 1 amide bonds. The van der Waals surface area contributed by atoms with Crippen LogP contribution in [0.1, 0.15) is 32.3 Å². The van der Waals surface area contributed by atoms with Crippen molar-refractivity contribution in [2.75, 3.05) is 7.11 Å². The molecule has 1 aromatic rings. The van der Waals surface area contributed by atoms with Crippen molar-refractivity contribution in [1.29, 1.82) is 0 Å². The molecule has 0 aliphatic carbocycles. The van der Waals surface area contributed by atoms with Gasteiger partial charge in [-0.2, -0.15) is 0 Å². The fourth-order valence-electron chi connectivity index (χ4n) is 1.83. The Morgan fingerprint density at radius 1 is 1.45 bits per heavy atom. The summed E-state index contributed by atoms with van der Waals surface area (Å²) in [5.41, 5.74) is 3.13. The van der Waals surface area contributed by atoms with Gasteiger partial charge in [0.1, 0.15) is 0 Å². The van der Waals surface area contributed by atoms with Crippen molar-refractivity contribution in [1.82, 2.24) is 5.43 Å². The smallest absolute Gasteiger partial charge is 0.274 e. The predicted molar refractivity (Wildman–Crippen MR) is 79.4 cm³/mol. The molecule has 3 N–H and O–H groups in total. The zero-order valence-corrected chi connectivity index (χ0v) is 12.2. The monoisotopic (exact) mass is 278 g/mol. The number of ether oxygens (including phenoxy) is 2. The van der Waals surface area contributed by atoms with E-state index >= 15 is 0 Å². The Labute approximate surface area is 119 Å². The highest BCUT2D eigenvalue weighted by Gasteiger charge is 2.20. The first-order chi connectivity index (χ1) is 9.65. The highest BCUT2D eigenvalue weighted by atomic mass is 16.5. The first kappa shape index (κ1) is 16.0. The van der Waals surface area contributed by atoms with Gasteiger partial charge in [-0.15, -0.1) is 0 Å². The first-order valence-corrected chi connectivity index (χ1v) is 6.64. The number of allylic oxidation sites excluding steroid dienone is 1. The average Bonchev–Trinajstić information content (AvgIpc) is 2.47. The van der Waals surface area contributed by atoms with Crippen LogP contribution in [0.15, 0.2) is 24.3 Å². The maximum absolute atomic E-state index is 11.7. The van der Waals surface area contributed by atoms with Crippen LogP contribution in [0, 0.1) is 0 Å². The summed E-state index contributed by atoms with van der Waals surface area (Å²) in [4.78, 5) is 11.7. The van der Waals surface area contributed by atoms with Crippen LogP contribution in [-0.4, -0.2) is 19.1 Å². The van der Waals surface area contributed by atoms with Crippen LogP contribution in [0.2, 0.25) is 0 Å². The molecule has 0 aromatic heterocycles. The summed E-state index contributed by atoms with van der Waals surface area (Å²) in [6.45, 7) is 3.92. The molecule has 0 radical (unpaired) electrons. The van der Waals surface area contributed by atoms with Crippen LogP contribution in [0.5, 0.6) is 11.5 Å². The molecule has 0 saturated carbocycles. The number of nitrogens with two attached hydrogens (primary N) is 1. The number of rotatable bonds is 7. The lowest BCUT2D eigenvalue weighted by Crippen LogP contribution is -2.42. The van der Waals surface area contributed by atoms with Crippen molar-refractivity contribution in [3.63, 3.8) is 0 Å². The zero-order chi connectivity index (χ0) is 15.0. The van der Waals surface area contributed by atoms with Crippen molar-refractivity contribution in [3.05, 3.63) is 29.8 Å². The number of hydrazine groups is 1. The molecule has 5 nitrogen and oxygen atoms in total. The summed E-state index contributed by atoms with van der Waals surface area (Å²) in [5.74, 6) is 5.95. The number of hydrogen-bond donors (Lipinski definition) is 2. The average molecular weight is 278 g/mol. The summed E-state index contributed by atoms with van der Waals surface area (Å²) < 4.78 is 11.0. The fraction of sp³-hybridized carbons (Fsp3) is 0.400. The molecular formula is C15H22N2O3. The van der Waals surface area contributed by atoms with E-state index in [9.17, 15) is 4.79 Å². The second-order valence-electron chi connectivity index (χ2n) is 4.31. The Bertz CT molecular complexity index is 472. The first-order valence-electron chi connectivity index (χ1n) is 6.64. The molecule has 0 saturated heterocycles. The van der Waals surface area contributed by atoms with Gasteiger partial charge in [-0.05, 0) is 31.0 Å². The van der Waals surface area contributed by atoms with E-state index in [1.165, 1.54) is 0 Å². The SMILES string of the molecule is C/C=C/c1ccc(OC(CCC)C(=O)NN)c(OC)c1. The number of benzene rings is 1. The Morgan fingerprint density at radius 3 is 2.75 bits per heavy atom. The highest BCUT2D eigenvalue weighted by Crippen LogP contribution is 2.30. The molecule has 110 valence electrons. The Morgan fingerprint density at radius 2 is 2.20 bits per heavy atom. The third kappa shape index (κ3) is 4.28. The van der Waals surface area contributed by atoms with Gasteiger partial charge in [-0.3, -0.25) is 10.2 Å². The Hall–Kier alpha value is -2.01. The third-order valence-corrected chi connectivity index (χ3v) is 2.80. The molecule has 1 rings (SSSR count). The van der Waals surface area contributed by atoms with Crippen LogP contribution < -0.4 is 20.7 Å². The van der Waals surface area contributed by atoms with E-state index in [1.54, 1.807) is 13.2 Å². The molecule has 0 bridgehead atoms. The van der Waals surface area contributed by atoms with Gasteiger partial charge < -0.3 is 9.47 Å². The van der Waals surface area contributed by atoms with E-state index in [4.69, 9.17) is 15.3 Å². The molecule has 0 spiro atoms. The maximum Gasteiger partial charge on any atom is 0.274 e. The molecule has 1 unspecified atom stereocenters. The summed E-state index contributed by atoms with van der Waals surface area (Å²) in [6.07, 6.45) is 4.69. The summed E-state index contributed by atoms with van der Waals surface area (Å²) >= 11 is 0. The second kappa shape index (κ2) is 8.22. The zero-order valence-electron chi connectivity index (χ0n) is 12.2. The molecule has 20 heavy (non-hydrogen) atoms. The van der Waals surface area contributed by atoms with Gasteiger partial charge in [0, 0.05) is 0 Å². The van der Waals surface area contributed by atoms with Gasteiger partial charge in [-0.1, -0.05) is 31.6 Å². The van der Waals surface area contributed by atoms with Gasteiger partial charge in [0.2, 0.25) is 0 Å². The molecule has 5 heteroatoms. The highest BCUT2D eigenvalue weighted by molar-refractivity contribution is 5.80. The van der Waals surface area contributed by atoms with Crippen LogP contribution in [0.4, 0.5) is 0 Å². The number of methoxy groups -OCH3 is 1. The molecule has 0 aliphatic rings. The van der Waals surface area contributed by atoms with Gasteiger partial charge >= 0.3 is 0 Å². The van der Waals surface area contributed by atoms with E-state index < -0.39 is 6.10 Å². The van der Waals surface area contributed by atoms with E-state index in [2.05, 4.69) is 5.43 Å². The quantitative estimate of drug-likeness (QED) is 0.456. The lowest BCUT2D eigenvalue weighted by atomic mass is 10.1. The van der Waals surface area contributed by atoms with Crippen molar-refractivity contribution in [2.45, 2.75) is 32.8 Å². The van der Waals surface area contributed by atoms with Crippen LogP contribution >= 0.6 is 0 Å². The van der Waals surface area contributed by atoms with Crippen molar-refractivity contribution in [3.8, 4) is 11.5 Å². The number of carbonyl (C=O) groups is 1. The van der Waals surface area contributed by atoms with Gasteiger partial charge in [0.25, 0.3) is 5.91 Å². The third-order valence-electron chi connectivity index (χ3n) is 2.80. The normalized spacial score (nSPS) is 12.2. The van der Waals surface area contributed by atoms with E-state index in [1.807, 2.05) is 38.1 Å². The minimum Gasteiger partial charge on any atom is -0.493 e. The summed E-state index contributed by atoms with van der Waals surface area (Å²) in [6, 6.07) is 5.56. The summed E-state index contributed by atoms with van der Waals surface area (Å²) in [5, 5.41) is 0. The lowest BCUT2D eigenvalue weighted by Gasteiger charge is -2.18. The van der Waals surface area contributed by atoms with E-state index in [0.29, 0.717) is 17.9 Å². The number of carbonyl (C=O) groups excluding carboxylic acids is 1. The number of hydrogen-bond acceptors (Lipinski definition) is 4. The van der Waals surface area contributed by atoms with E-state index in [0.717, 1.165) is 12.0 Å². The van der Waals surface area contributed by atoms with Crippen molar-refractivity contribution >= 4 is 12.0 Å². The number of nitrogens with one attached hydrogen (secondary N) is 1. The maximum atomic E-state index is 11.7. The standard InChI is InChI=1S/C15H22N2O3/c1-4-6-11-8-9-12(14(10-11)19-3)20-13(7-5-2)15(18)17-16/h4,6,8-10,13H,5,7,16H2,1-3H3,(H,17,18)/b6-4+. The number of amides is 1. The Balaban J connectivity index is 2.96. The van der Waals surface area contributed by atoms with Crippen LogP contribution in [-0.2, 0) is 4.79 Å². The topological polar surface area (TPSA) is 73.6 Å². The molecule has 0 aliphatic heterocycles. The minimum atomic E-state index is -0.619. The van der Waals surface area contributed by atoms with Gasteiger partial charge in [0.05, 0.1) is 7.11 Å². The summed E-state index contributed by atoms with van der Waals surface area (Å²) in [7, 11) is 1.57. The molecular weight excluding hydrogens is 256 g/mol. The molecule has 1 aromatic carbocycles. The van der Waals surface area contributed by atoms with Gasteiger partial charge in [0.15, 0.2) is 17.6 Å². The molecule has 0 fully saturated rings. The van der Waals surface area contributed by atoms with Gasteiger partial charge in [-0.25, -0.2) is 5.84 Å². The minimum absolute atomic E-state index is 0.341. The fourth-order valence-corrected chi connectivity index (χ4v) is 1.83. The second-order valence-corrected chi connectivity index (χ2v) is 4.31. The predicted octanol–water partition coefficient (Wildman–Crippen LogP) is 2.27. The molecule has 1 atom stereocenters. The largest absolute Gasteiger partial charge is 0.493 e. The van der Waals surface area contributed by atoms with Crippen molar-refractivity contribution < 1.29 is 14.3 Å². The lowest BCUT2D eigenvalue weighted by molar-refractivity contribution is -0.128.